The summed E-state index contributed by atoms with van der Waals surface area (Å²) in [5.41, 5.74) is 9.25. The van der Waals surface area contributed by atoms with Crippen LogP contribution in [-0.2, 0) is 6.61 Å². The summed E-state index contributed by atoms with van der Waals surface area (Å²) in [6.07, 6.45) is 1.78. The third kappa shape index (κ3) is 3.18. The number of benzene rings is 1. The molecule has 0 saturated heterocycles. The normalized spacial score (nSPS) is 10.3. The molecule has 1 heterocycles. The van der Waals surface area contributed by atoms with Crippen LogP contribution < -0.4 is 19.9 Å². The van der Waals surface area contributed by atoms with Gasteiger partial charge in [0.2, 0.25) is 0 Å². The summed E-state index contributed by atoms with van der Waals surface area (Å²) in [7, 11) is 3.26. The lowest BCUT2D eigenvalue weighted by Gasteiger charge is -2.14. The zero-order valence-electron chi connectivity index (χ0n) is 12.8. The second-order valence-electron chi connectivity index (χ2n) is 4.74. The summed E-state index contributed by atoms with van der Waals surface area (Å²) in [5, 5.41) is 0. The smallest absolute Gasteiger partial charge is 0.146 e. The van der Waals surface area contributed by atoms with E-state index in [-0.39, 0.29) is 0 Å². The summed E-state index contributed by atoms with van der Waals surface area (Å²) in [5.74, 6) is 2.11. The van der Waals surface area contributed by atoms with Gasteiger partial charge in [-0.15, -0.1) is 0 Å². The van der Waals surface area contributed by atoms with Crippen LogP contribution in [0.3, 0.4) is 0 Å². The van der Waals surface area contributed by atoms with Crippen molar-refractivity contribution < 1.29 is 14.2 Å². The number of nitrogen functional groups attached to an aromatic ring is 1. The fraction of sp³-hybridized carbons (Fsp3) is 0.312. The molecule has 0 radical (unpaired) electrons. The van der Waals surface area contributed by atoms with Crippen molar-refractivity contribution in [2.24, 2.45) is 0 Å². The highest BCUT2D eigenvalue weighted by atomic mass is 16.5. The SMILES string of the molecule is COc1ccc(N)c(OCc2ncc(C)c(OC)c2C)c1. The van der Waals surface area contributed by atoms with Crippen molar-refractivity contribution in [3.8, 4) is 17.2 Å². The molecular weight excluding hydrogens is 268 g/mol. The molecule has 2 N–H and O–H groups in total. The van der Waals surface area contributed by atoms with Gasteiger partial charge in [0.05, 0.1) is 25.6 Å². The van der Waals surface area contributed by atoms with Gasteiger partial charge in [-0.2, -0.15) is 0 Å². The molecule has 0 aliphatic heterocycles. The minimum Gasteiger partial charge on any atom is -0.497 e. The maximum absolute atomic E-state index is 5.90. The largest absolute Gasteiger partial charge is 0.497 e. The number of ether oxygens (including phenoxy) is 3. The summed E-state index contributed by atoms with van der Waals surface area (Å²) >= 11 is 0. The van der Waals surface area contributed by atoms with Gasteiger partial charge in [0.15, 0.2) is 0 Å². The third-order valence-electron chi connectivity index (χ3n) is 3.33. The van der Waals surface area contributed by atoms with E-state index in [9.17, 15) is 0 Å². The van der Waals surface area contributed by atoms with Crippen molar-refractivity contribution in [1.82, 2.24) is 4.98 Å². The monoisotopic (exact) mass is 288 g/mol. The van der Waals surface area contributed by atoms with E-state index in [2.05, 4.69) is 4.98 Å². The van der Waals surface area contributed by atoms with Gasteiger partial charge < -0.3 is 19.9 Å². The van der Waals surface area contributed by atoms with Crippen molar-refractivity contribution >= 4 is 5.69 Å². The van der Waals surface area contributed by atoms with Crippen molar-refractivity contribution in [3.05, 3.63) is 41.2 Å². The lowest BCUT2D eigenvalue weighted by atomic mass is 10.1. The summed E-state index contributed by atoms with van der Waals surface area (Å²) in [6.45, 7) is 4.25. The van der Waals surface area contributed by atoms with Crippen molar-refractivity contribution in [2.45, 2.75) is 20.5 Å². The van der Waals surface area contributed by atoms with Gasteiger partial charge in [0.1, 0.15) is 23.9 Å². The highest BCUT2D eigenvalue weighted by Gasteiger charge is 2.11. The Balaban J connectivity index is 2.21. The molecule has 1 aromatic carbocycles. The van der Waals surface area contributed by atoms with Crippen LogP contribution in [0.2, 0.25) is 0 Å². The second-order valence-corrected chi connectivity index (χ2v) is 4.74. The molecule has 21 heavy (non-hydrogen) atoms. The van der Waals surface area contributed by atoms with E-state index in [4.69, 9.17) is 19.9 Å². The third-order valence-corrected chi connectivity index (χ3v) is 3.33. The first-order valence-electron chi connectivity index (χ1n) is 6.62. The maximum Gasteiger partial charge on any atom is 0.146 e. The summed E-state index contributed by atoms with van der Waals surface area (Å²) < 4.78 is 16.3. The molecule has 1 aromatic heterocycles. The number of anilines is 1. The highest BCUT2D eigenvalue weighted by Crippen LogP contribution is 2.29. The minimum atomic E-state index is 0.319. The Hall–Kier alpha value is -2.43. The molecule has 112 valence electrons. The standard InChI is InChI=1S/C16H20N2O3/c1-10-8-18-14(11(2)16(10)20-4)9-21-15-7-12(19-3)5-6-13(15)17/h5-8H,9,17H2,1-4H3. The van der Waals surface area contributed by atoms with Gasteiger partial charge in [-0.1, -0.05) is 0 Å². The number of hydrogen-bond acceptors (Lipinski definition) is 5. The van der Waals surface area contributed by atoms with Crippen LogP contribution in [0.1, 0.15) is 16.8 Å². The number of nitrogens with two attached hydrogens (primary N) is 1. The van der Waals surface area contributed by atoms with Gasteiger partial charge >= 0.3 is 0 Å². The molecule has 5 nitrogen and oxygen atoms in total. The summed E-state index contributed by atoms with van der Waals surface area (Å²) in [4.78, 5) is 4.40. The first-order chi connectivity index (χ1) is 10.1. The Kier molecular flexibility index (Phi) is 4.52. The number of hydrogen-bond donors (Lipinski definition) is 1. The van der Waals surface area contributed by atoms with E-state index in [1.807, 2.05) is 13.8 Å². The topological polar surface area (TPSA) is 66.6 Å². The van der Waals surface area contributed by atoms with E-state index in [1.165, 1.54) is 0 Å². The Labute approximate surface area is 124 Å². The molecule has 5 heteroatoms. The molecular formula is C16H20N2O3. The van der Waals surface area contributed by atoms with Crippen molar-refractivity contribution in [1.29, 1.82) is 0 Å². The molecule has 0 aliphatic rings. The molecule has 0 bridgehead atoms. The molecule has 0 spiro atoms. The van der Waals surface area contributed by atoms with E-state index < -0.39 is 0 Å². The minimum absolute atomic E-state index is 0.319. The predicted octanol–water partition coefficient (Wildman–Crippen LogP) is 2.88. The average Bonchev–Trinajstić information content (AvgIpc) is 2.48. The van der Waals surface area contributed by atoms with Crippen molar-refractivity contribution in [3.63, 3.8) is 0 Å². The second kappa shape index (κ2) is 6.35. The molecule has 0 aliphatic carbocycles. The Morgan fingerprint density at radius 2 is 1.90 bits per heavy atom. The zero-order chi connectivity index (χ0) is 15.4. The maximum atomic E-state index is 5.90. The average molecular weight is 288 g/mol. The van der Waals surface area contributed by atoms with Crippen molar-refractivity contribution in [2.75, 3.05) is 20.0 Å². The van der Waals surface area contributed by atoms with Gasteiger partial charge in [-0.25, -0.2) is 0 Å². The Morgan fingerprint density at radius 3 is 2.57 bits per heavy atom. The van der Waals surface area contributed by atoms with Crippen LogP contribution in [-0.4, -0.2) is 19.2 Å². The highest BCUT2D eigenvalue weighted by molar-refractivity contribution is 5.55. The van der Waals surface area contributed by atoms with Crippen LogP contribution in [0.15, 0.2) is 24.4 Å². The number of rotatable bonds is 5. The van der Waals surface area contributed by atoms with E-state index in [0.717, 1.165) is 22.6 Å². The van der Waals surface area contributed by atoms with Gasteiger partial charge in [0.25, 0.3) is 0 Å². The number of nitrogens with zero attached hydrogens (tertiary/aromatic N) is 1. The number of pyridine rings is 1. The predicted molar refractivity (Wildman–Crippen MR) is 82.0 cm³/mol. The van der Waals surface area contributed by atoms with E-state index in [1.54, 1.807) is 38.6 Å². The lowest BCUT2D eigenvalue weighted by Crippen LogP contribution is -2.05. The van der Waals surface area contributed by atoms with Gasteiger partial charge in [-0.05, 0) is 26.0 Å². The molecule has 0 saturated carbocycles. The number of aromatic nitrogens is 1. The van der Waals surface area contributed by atoms with Crippen LogP contribution in [0.4, 0.5) is 5.69 Å². The number of aryl methyl sites for hydroxylation is 1. The van der Waals surface area contributed by atoms with E-state index >= 15 is 0 Å². The fourth-order valence-electron chi connectivity index (χ4n) is 2.13. The van der Waals surface area contributed by atoms with Gasteiger partial charge in [0, 0.05) is 23.4 Å². The first kappa shape index (κ1) is 15.0. The van der Waals surface area contributed by atoms with Crippen LogP contribution >= 0.6 is 0 Å². The van der Waals surface area contributed by atoms with E-state index in [0.29, 0.717) is 23.8 Å². The lowest BCUT2D eigenvalue weighted by molar-refractivity contribution is 0.298. The molecule has 2 aromatic rings. The van der Waals surface area contributed by atoms with Crippen LogP contribution in [0.5, 0.6) is 17.2 Å². The van der Waals surface area contributed by atoms with Gasteiger partial charge in [-0.3, -0.25) is 4.98 Å². The zero-order valence-corrected chi connectivity index (χ0v) is 12.8. The van der Waals surface area contributed by atoms with Crippen LogP contribution in [0, 0.1) is 13.8 Å². The first-order valence-corrected chi connectivity index (χ1v) is 6.62. The van der Waals surface area contributed by atoms with Crippen LogP contribution in [0.25, 0.3) is 0 Å². The quantitative estimate of drug-likeness (QED) is 0.857. The Bertz CT molecular complexity index is 642. The fourth-order valence-corrected chi connectivity index (χ4v) is 2.13. The Morgan fingerprint density at radius 1 is 1.14 bits per heavy atom. The molecule has 0 fully saturated rings. The summed E-state index contributed by atoms with van der Waals surface area (Å²) in [6, 6.07) is 5.31. The molecule has 0 unspecified atom stereocenters. The molecule has 2 rings (SSSR count). The molecule has 0 amide bonds. The number of methoxy groups -OCH3 is 2. The molecule has 0 atom stereocenters.